The number of nitrogens with one attached hydrogen (secondary N) is 1. The van der Waals surface area contributed by atoms with Crippen molar-refractivity contribution in [2.24, 2.45) is 5.92 Å². The van der Waals surface area contributed by atoms with Gasteiger partial charge in [0, 0.05) is 6.54 Å². The topological polar surface area (TPSA) is 58.6 Å². The molecule has 0 aliphatic heterocycles. The van der Waals surface area contributed by atoms with E-state index in [1.54, 1.807) is 0 Å². The van der Waals surface area contributed by atoms with Gasteiger partial charge in [0.05, 0.1) is 19.1 Å². The first-order chi connectivity index (χ1) is 9.13. The Bertz CT molecular complexity index is 415. The largest absolute Gasteiger partial charge is 0.493 e. The van der Waals surface area contributed by atoms with Crippen LogP contribution in [0.5, 0.6) is 5.75 Å². The molecular formula is C14H18FNO3. The smallest absolute Gasteiger partial charge is 0.223 e. The van der Waals surface area contributed by atoms with Crippen LogP contribution in [0.25, 0.3) is 0 Å². The van der Waals surface area contributed by atoms with Crippen LogP contribution in [0.2, 0.25) is 0 Å². The van der Waals surface area contributed by atoms with E-state index < -0.39 is 0 Å². The van der Waals surface area contributed by atoms with E-state index in [0.29, 0.717) is 18.2 Å². The average Bonchev–Trinajstić information content (AvgIpc) is 2.36. The summed E-state index contributed by atoms with van der Waals surface area (Å²) in [5, 5.41) is 11.9. The molecule has 0 unspecified atom stereocenters. The molecule has 1 aromatic carbocycles. The van der Waals surface area contributed by atoms with Gasteiger partial charge in [-0.3, -0.25) is 4.79 Å². The standard InChI is InChI=1S/C14H18FNO3/c15-11-1-3-13(4-2-11)19-6-5-14(18)16-9-10-7-12(17)8-10/h1-4,10,12,17H,5-9H2,(H,16,18). The van der Waals surface area contributed by atoms with E-state index in [0.717, 1.165) is 12.8 Å². The summed E-state index contributed by atoms with van der Waals surface area (Å²) in [5.74, 6) is 0.574. The van der Waals surface area contributed by atoms with E-state index in [1.165, 1.54) is 24.3 Å². The van der Waals surface area contributed by atoms with Gasteiger partial charge in [0.15, 0.2) is 0 Å². The lowest BCUT2D eigenvalue weighted by Crippen LogP contribution is -2.38. The van der Waals surface area contributed by atoms with Crippen molar-refractivity contribution >= 4 is 5.91 Å². The summed E-state index contributed by atoms with van der Waals surface area (Å²) in [6.07, 6.45) is 1.62. The molecule has 0 heterocycles. The van der Waals surface area contributed by atoms with Gasteiger partial charge in [-0.2, -0.15) is 0 Å². The van der Waals surface area contributed by atoms with E-state index in [1.807, 2.05) is 0 Å². The molecule has 0 radical (unpaired) electrons. The Kier molecular flexibility index (Phi) is 4.74. The fraction of sp³-hybridized carbons (Fsp3) is 0.500. The van der Waals surface area contributed by atoms with E-state index >= 15 is 0 Å². The van der Waals surface area contributed by atoms with Gasteiger partial charge in [-0.15, -0.1) is 0 Å². The molecule has 19 heavy (non-hydrogen) atoms. The highest BCUT2D eigenvalue weighted by Gasteiger charge is 2.26. The second kappa shape index (κ2) is 6.52. The van der Waals surface area contributed by atoms with Crippen LogP contribution >= 0.6 is 0 Å². The zero-order valence-electron chi connectivity index (χ0n) is 10.6. The van der Waals surface area contributed by atoms with Gasteiger partial charge in [0.2, 0.25) is 5.91 Å². The molecule has 1 saturated carbocycles. The quantitative estimate of drug-likeness (QED) is 0.821. The molecule has 1 amide bonds. The van der Waals surface area contributed by atoms with Crippen LogP contribution in [0.3, 0.4) is 0 Å². The van der Waals surface area contributed by atoms with E-state index in [-0.39, 0.29) is 30.9 Å². The fourth-order valence-electron chi connectivity index (χ4n) is 2.01. The van der Waals surface area contributed by atoms with Crippen LogP contribution in [0.4, 0.5) is 4.39 Å². The fourth-order valence-corrected chi connectivity index (χ4v) is 2.01. The van der Waals surface area contributed by atoms with Gasteiger partial charge >= 0.3 is 0 Å². The Morgan fingerprint density at radius 1 is 1.37 bits per heavy atom. The maximum absolute atomic E-state index is 12.6. The van der Waals surface area contributed by atoms with Gasteiger partial charge in [0.25, 0.3) is 0 Å². The zero-order valence-corrected chi connectivity index (χ0v) is 10.6. The maximum atomic E-state index is 12.6. The van der Waals surface area contributed by atoms with Gasteiger partial charge in [0.1, 0.15) is 11.6 Å². The Labute approximate surface area is 111 Å². The molecule has 1 aliphatic carbocycles. The first-order valence-electron chi connectivity index (χ1n) is 6.46. The second-order valence-corrected chi connectivity index (χ2v) is 4.85. The van der Waals surface area contributed by atoms with Gasteiger partial charge < -0.3 is 15.2 Å². The summed E-state index contributed by atoms with van der Waals surface area (Å²) in [5.41, 5.74) is 0. The van der Waals surface area contributed by atoms with Crippen LogP contribution in [-0.2, 0) is 4.79 Å². The van der Waals surface area contributed by atoms with E-state index in [9.17, 15) is 9.18 Å². The Morgan fingerprint density at radius 3 is 2.68 bits per heavy atom. The third kappa shape index (κ3) is 4.52. The van der Waals surface area contributed by atoms with Crippen LogP contribution in [0.1, 0.15) is 19.3 Å². The minimum absolute atomic E-state index is 0.0662. The number of hydrogen-bond acceptors (Lipinski definition) is 3. The predicted octanol–water partition coefficient (Wildman–Crippen LogP) is 1.48. The number of carbonyl (C=O) groups excluding carboxylic acids is 1. The van der Waals surface area contributed by atoms with E-state index in [2.05, 4.69) is 5.32 Å². The molecular weight excluding hydrogens is 249 g/mol. The molecule has 1 fully saturated rings. The van der Waals surface area contributed by atoms with Gasteiger partial charge in [-0.05, 0) is 43.0 Å². The molecule has 0 spiro atoms. The summed E-state index contributed by atoms with van der Waals surface area (Å²) in [6.45, 7) is 0.886. The number of aliphatic hydroxyl groups is 1. The number of rotatable bonds is 6. The minimum Gasteiger partial charge on any atom is -0.493 e. The molecule has 0 saturated heterocycles. The SMILES string of the molecule is O=C(CCOc1ccc(F)cc1)NCC1CC(O)C1. The number of benzene rings is 1. The highest BCUT2D eigenvalue weighted by molar-refractivity contribution is 5.75. The van der Waals surface area contributed by atoms with Gasteiger partial charge in [-0.1, -0.05) is 0 Å². The zero-order chi connectivity index (χ0) is 13.7. The summed E-state index contributed by atoms with van der Waals surface area (Å²) >= 11 is 0. The number of carbonyl (C=O) groups is 1. The monoisotopic (exact) mass is 267 g/mol. The highest BCUT2D eigenvalue weighted by Crippen LogP contribution is 2.26. The molecule has 5 heteroatoms. The molecule has 0 atom stereocenters. The molecule has 2 rings (SSSR count). The Balaban J connectivity index is 1.57. The van der Waals surface area contributed by atoms with Crippen molar-refractivity contribution in [2.45, 2.75) is 25.4 Å². The number of amides is 1. The average molecular weight is 267 g/mol. The lowest BCUT2D eigenvalue weighted by atomic mass is 9.82. The molecule has 1 aromatic rings. The number of hydrogen-bond donors (Lipinski definition) is 2. The second-order valence-electron chi connectivity index (χ2n) is 4.85. The Hall–Kier alpha value is -1.62. The lowest BCUT2D eigenvalue weighted by Gasteiger charge is -2.31. The first-order valence-corrected chi connectivity index (χ1v) is 6.46. The molecule has 1 aliphatic rings. The maximum Gasteiger partial charge on any atom is 0.223 e. The van der Waals surface area contributed by atoms with Crippen molar-refractivity contribution in [1.29, 1.82) is 0 Å². The Morgan fingerprint density at radius 2 is 2.05 bits per heavy atom. The van der Waals surface area contributed by atoms with Crippen molar-refractivity contribution in [1.82, 2.24) is 5.32 Å². The highest BCUT2D eigenvalue weighted by atomic mass is 19.1. The third-order valence-electron chi connectivity index (χ3n) is 3.21. The third-order valence-corrected chi connectivity index (χ3v) is 3.21. The lowest BCUT2D eigenvalue weighted by molar-refractivity contribution is -0.122. The number of halogens is 1. The number of aliphatic hydroxyl groups excluding tert-OH is 1. The van der Waals surface area contributed by atoms with Gasteiger partial charge in [-0.25, -0.2) is 4.39 Å². The molecule has 2 N–H and O–H groups in total. The minimum atomic E-state index is -0.312. The van der Waals surface area contributed by atoms with Crippen molar-refractivity contribution in [3.05, 3.63) is 30.1 Å². The summed E-state index contributed by atoms with van der Waals surface area (Å²) < 4.78 is 18.0. The van der Waals surface area contributed by atoms with Crippen LogP contribution < -0.4 is 10.1 Å². The van der Waals surface area contributed by atoms with Crippen LogP contribution in [-0.4, -0.2) is 30.3 Å². The number of ether oxygens (including phenoxy) is 1. The van der Waals surface area contributed by atoms with Crippen molar-refractivity contribution in [2.75, 3.05) is 13.2 Å². The van der Waals surface area contributed by atoms with Crippen molar-refractivity contribution in [3.8, 4) is 5.75 Å². The molecule has 104 valence electrons. The van der Waals surface area contributed by atoms with Crippen LogP contribution in [0.15, 0.2) is 24.3 Å². The summed E-state index contributed by atoms with van der Waals surface area (Å²) in [4.78, 5) is 11.5. The van der Waals surface area contributed by atoms with Crippen molar-refractivity contribution in [3.63, 3.8) is 0 Å². The summed E-state index contributed by atoms with van der Waals surface area (Å²) in [7, 11) is 0. The molecule has 0 aromatic heterocycles. The van der Waals surface area contributed by atoms with Crippen molar-refractivity contribution < 1.29 is 19.0 Å². The van der Waals surface area contributed by atoms with E-state index in [4.69, 9.17) is 9.84 Å². The normalized spacial score (nSPS) is 21.6. The van der Waals surface area contributed by atoms with Crippen LogP contribution in [0, 0.1) is 11.7 Å². The first kappa shape index (κ1) is 13.8. The predicted molar refractivity (Wildman–Crippen MR) is 68.3 cm³/mol. The molecule has 0 bridgehead atoms. The molecule has 4 nitrogen and oxygen atoms in total. The summed E-state index contributed by atoms with van der Waals surface area (Å²) in [6, 6.07) is 5.70.